The van der Waals surface area contributed by atoms with Crippen molar-refractivity contribution in [2.45, 2.75) is 33.6 Å². The Hall–Kier alpha value is -0.370. The summed E-state index contributed by atoms with van der Waals surface area (Å²) >= 11 is 0. The van der Waals surface area contributed by atoms with Gasteiger partial charge in [-0.15, -0.1) is 0 Å². The van der Waals surface area contributed by atoms with Gasteiger partial charge in [-0.05, 0) is 39.2 Å². The topological polar surface area (TPSA) is 35.5 Å². The maximum absolute atomic E-state index is 12.2. The molecule has 1 aliphatic carbocycles. The van der Waals surface area contributed by atoms with Crippen molar-refractivity contribution in [3.8, 4) is 0 Å². The van der Waals surface area contributed by atoms with Crippen LogP contribution < -0.4 is 0 Å². The third-order valence-electron chi connectivity index (χ3n) is 2.30. The fourth-order valence-corrected chi connectivity index (χ4v) is 3.26. The Bertz CT molecular complexity index is 308. The minimum Gasteiger partial charge on any atom is -0.306 e. The van der Waals surface area contributed by atoms with Gasteiger partial charge in [-0.3, -0.25) is 4.57 Å². The van der Waals surface area contributed by atoms with Crippen molar-refractivity contribution in [1.82, 2.24) is 0 Å². The summed E-state index contributed by atoms with van der Waals surface area (Å²) in [5, 5.41) is 0. The molecule has 0 aromatic carbocycles. The summed E-state index contributed by atoms with van der Waals surface area (Å²) in [4.78, 5) is 0. The highest BCUT2D eigenvalue weighted by atomic mass is 31.2. The van der Waals surface area contributed by atoms with E-state index < -0.39 is 7.60 Å². The van der Waals surface area contributed by atoms with Crippen LogP contribution in [0, 0.1) is 0 Å². The van der Waals surface area contributed by atoms with Crippen molar-refractivity contribution in [2.24, 2.45) is 0 Å². The summed E-state index contributed by atoms with van der Waals surface area (Å²) in [5.41, 5.74) is 2.29. The van der Waals surface area contributed by atoms with Crippen LogP contribution in [0.4, 0.5) is 0 Å². The lowest BCUT2D eigenvalue weighted by Crippen LogP contribution is -1.94. The van der Waals surface area contributed by atoms with Gasteiger partial charge in [-0.1, -0.05) is 11.6 Å². The summed E-state index contributed by atoms with van der Waals surface area (Å²) in [6.45, 7) is 6.48. The van der Waals surface area contributed by atoms with Gasteiger partial charge in [0, 0.05) is 5.82 Å². The SMILES string of the molecule is CCOP(=O)(/C=C1/CCC=C1C)OCC. The van der Waals surface area contributed by atoms with Crippen LogP contribution in [0.15, 0.2) is 23.0 Å². The quantitative estimate of drug-likeness (QED) is 0.672. The maximum Gasteiger partial charge on any atom is 0.354 e. The molecule has 0 saturated heterocycles. The Morgan fingerprint density at radius 3 is 2.40 bits per heavy atom. The van der Waals surface area contributed by atoms with E-state index in [0.29, 0.717) is 13.2 Å². The Labute approximate surface area is 91.7 Å². The van der Waals surface area contributed by atoms with Gasteiger partial charge in [0.05, 0.1) is 13.2 Å². The monoisotopic (exact) mass is 230 g/mol. The first-order chi connectivity index (χ1) is 7.11. The Morgan fingerprint density at radius 2 is 2.00 bits per heavy atom. The molecule has 3 nitrogen and oxygen atoms in total. The average molecular weight is 230 g/mol. The van der Waals surface area contributed by atoms with Gasteiger partial charge in [0.15, 0.2) is 0 Å². The molecule has 86 valence electrons. The van der Waals surface area contributed by atoms with E-state index >= 15 is 0 Å². The summed E-state index contributed by atoms with van der Waals surface area (Å²) < 4.78 is 22.6. The van der Waals surface area contributed by atoms with Gasteiger partial charge >= 0.3 is 7.60 Å². The minimum absolute atomic E-state index is 0.407. The number of hydrogen-bond donors (Lipinski definition) is 0. The first-order valence-electron chi connectivity index (χ1n) is 5.39. The lowest BCUT2D eigenvalue weighted by atomic mass is 10.2. The lowest BCUT2D eigenvalue weighted by molar-refractivity contribution is 0.228. The number of rotatable bonds is 5. The molecule has 1 aliphatic rings. The van der Waals surface area contributed by atoms with Crippen LogP contribution in [-0.4, -0.2) is 13.2 Å². The molecule has 0 bridgehead atoms. The molecule has 0 aromatic heterocycles. The second kappa shape index (κ2) is 5.64. The predicted molar refractivity (Wildman–Crippen MR) is 61.9 cm³/mol. The molecule has 0 aliphatic heterocycles. The van der Waals surface area contributed by atoms with E-state index in [9.17, 15) is 4.57 Å². The first kappa shape index (κ1) is 12.7. The Morgan fingerprint density at radius 1 is 1.40 bits per heavy atom. The van der Waals surface area contributed by atoms with Crippen LogP contribution in [0.1, 0.15) is 33.6 Å². The molecular weight excluding hydrogens is 211 g/mol. The van der Waals surface area contributed by atoms with Gasteiger partial charge in [-0.2, -0.15) is 0 Å². The van der Waals surface area contributed by atoms with E-state index in [1.54, 1.807) is 5.82 Å². The summed E-state index contributed by atoms with van der Waals surface area (Å²) in [5.74, 6) is 1.68. The van der Waals surface area contributed by atoms with Gasteiger partial charge in [0.25, 0.3) is 0 Å². The molecule has 0 aromatic rings. The van der Waals surface area contributed by atoms with Gasteiger partial charge < -0.3 is 9.05 Å². The van der Waals surface area contributed by atoms with E-state index in [2.05, 4.69) is 6.08 Å². The van der Waals surface area contributed by atoms with Crippen molar-refractivity contribution in [3.63, 3.8) is 0 Å². The van der Waals surface area contributed by atoms with E-state index in [1.807, 2.05) is 20.8 Å². The number of allylic oxidation sites excluding steroid dienone is 3. The normalized spacial score (nSPS) is 19.7. The molecule has 0 atom stereocenters. The fourth-order valence-electron chi connectivity index (χ4n) is 1.60. The van der Waals surface area contributed by atoms with Crippen LogP contribution in [0.5, 0.6) is 0 Å². The van der Waals surface area contributed by atoms with Crippen molar-refractivity contribution in [1.29, 1.82) is 0 Å². The van der Waals surface area contributed by atoms with Crippen LogP contribution in [-0.2, 0) is 13.6 Å². The summed E-state index contributed by atoms with van der Waals surface area (Å²) in [7, 11) is -3.01. The van der Waals surface area contributed by atoms with Gasteiger partial charge in [0.1, 0.15) is 0 Å². The first-order valence-corrected chi connectivity index (χ1v) is 7.00. The molecule has 0 heterocycles. The zero-order chi connectivity index (χ0) is 11.3. The molecule has 0 radical (unpaired) electrons. The standard InChI is InChI=1S/C11H19O3P/c1-4-13-15(12,14-5-2)9-11-8-6-7-10(11)3/h7,9H,4-6,8H2,1-3H3/b11-9-. The van der Waals surface area contributed by atoms with E-state index in [4.69, 9.17) is 9.05 Å². The molecule has 0 N–H and O–H groups in total. The molecule has 0 fully saturated rings. The molecular formula is C11H19O3P. The predicted octanol–water partition coefficient (Wildman–Crippen LogP) is 3.88. The molecule has 0 unspecified atom stereocenters. The molecule has 0 spiro atoms. The largest absolute Gasteiger partial charge is 0.354 e. The molecule has 0 saturated carbocycles. The smallest absolute Gasteiger partial charge is 0.306 e. The van der Waals surface area contributed by atoms with Crippen LogP contribution in [0.25, 0.3) is 0 Å². The van der Waals surface area contributed by atoms with Crippen molar-refractivity contribution < 1.29 is 13.6 Å². The van der Waals surface area contributed by atoms with Crippen molar-refractivity contribution >= 4 is 7.60 Å². The van der Waals surface area contributed by atoms with E-state index in [1.165, 1.54) is 5.57 Å². The minimum atomic E-state index is -3.01. The zero-order valence-corrected chi connectivity index (χ0v) is 10.5. The molecule has 0 amide bonds. The highest BCUT2D eigenvalue weighted by molar-refractivity contribution is 7.57. The highest BCUT2D eigenvalue weighted by Crippen LogP contribution is 2.52. The molecule has 15 heavy (non-hydrogen) atoms. The second-order valence-electron chi connectivity index (χ2n) is 3.46. The molecule has 1 rings (SSSR count). The van der Waals surface area contributed by atoms with Gasteiger partial charge in [-0.25, -0.2) is 0 Å². The lowest BCUT2D eigenvalue weighted by Gasteiger charge is -2.14. The number of hydrogen-bond acceptors (Lipinski definition) is 3. The van der Waals surface area contributed by atoms with E-state index in [0.717, 1.165) is 18.4 Å². The maximum atomic E-state index is 12.2. The van der Waals surface area contributed by atoms with Crippen LogP contribution in [0.3, 0.4) is 0 Å². The van der Waals surface area contributed by atoms with Crippen LogP contribution >= 0.6 is 7.60 Å². The summed E-state index contributed by atoms with van der Waals surface area (Å²) in [6.07, 6.45) is 4.11. The van der Waals surface area contributed by atoms with Crippen LogP contribution in [0.2, 0.25) is 0 Å². The molecule has 4 heteroatoms. The van der Waals surface area contributed by atoms with E-state index in [-0.39, 0.29) is 0 Å². The van der Waals surface area contributed by atoms with Crippen molar-refractivity contribution in [3.05, 3.63) is 23.0 Å². The highest BCUT2D eigenvalue weighted by Gasteiger charge is 2.22. The third-order valence-corrected chi connectivity index (χ3v) is 4.17. The Balaban J connectivity index is 2.82. The second-order valence-corrected chi connectivity index (χ2v) is 5.31. The van der Waals surface area contributed by atoms with Gasteiger partial charge in [0.2, 0.25) is 0 Å². The zero-order valence-electron chi connectivity index (χ0n) is 9.66. The third kappa shape index (κ3) is 3.60. The Kier molecular flexibility index (Phi) is 4.78. The average Bonchev–Trinajstić information content (AvgIpc) is 2.52. The van der Waals surface area contributed by atoms with Crippen molar-refractivity contribution in [2.75, 3.05) is 13.2 Å². The summed E-state index contributed by atoms with van der Waals surface area (Å²) in [6, 6.07) is 0. The fraction of sp³-hybridized carbons (Fsp3) is 0.636.